The highest BCUT2D eigenvalue weighted by molar-refractivity contribution is 9.10. The Labute approximate surface area is 188 Å². The van der Waals surface area contributed by atoms with E-state index in [4.69, 9.17) is 4.74 Å². The van der Waals surface area contributed by atoms with Gasteiger partial charge >= 0.3 is 0 Å². The van der Waals surface area contributed by atoms with E-state index in [0.29, 0.717) is 48.9 Å². The summed E-state index contributed by atoms with van der Waals surface area (Å²) < 4.78 is 34.4. The maximum absolute atomic E-state index is 12.8. The average Bonchev–Trinajstić information content (AvgIpc) is 3.07. The van der Waals surface area contributed by atoms with Crippen LogP contribution in [0.4, 0.5) is 5.69 Å². The van der Waals surface area contributed by atoms with E-state index in [0.717, 1.165) is 4.47 Å². The van der Waals surface area contributed by atoms with Crippen molar-refractivity contribution >= 4 is 37.9 Å². The van der Waals surface area contributed by atoms with E-state index in [1.54, 1.807) is 19.1 Å². The quantitative estimate of drug-likeness (QED) is 0.540. The number of nitrogens with zero attached hydrogens (tertiary/aromatic N) is 3. The van der Waals surface area contributed by atoms with Gasteiger partial charge in [-0.05, 0) is 55.5 Å². The molecule has 31 heavy (non-hydrogen) atoms. The number of aryl methyl sites for hydroxylation is 1. The summed E-state index contributed by atoms with van der Waals surface area (Å²) in [6, 6.07) is 13.7. The first-order valence-corrected chi connectivity index (χ1v) is 11.9. The second-order valence-electron chi connectivity index (χ2n) is 7.04. The number of hydrogen-bond acceptors (Lipinski definition) is 5. The van der Waals surface area contributed by atoms with Crippen LogP contribution in [-0.2, 0) is 14.8 Å². The summed E-state index contributed by atoms with van der Waals surface area (Å²) in [5, 5.41) is 3.05. The first kappa shape index (κ1) is 21.7. The fourth-order valence-corrected chi connectivity index (χ4v) is 4.94. The normalized spacial score (nSPS) is 15.5. The predicted molar refractivity (Wildman–Crippen MR) is 122 cm³/mol. The van der Waals surface area contributed by atoms with Crippen LogP contribution < -0.4 is 5.56 Å². The zero-order valence-electron chi connectivity index (χ0n) is 16.8. The summed E-state index contributed by atoms with van der Waals surface area (Å²) in [7, 11) is -3.55. The van der Waals surface area contributed by atoms with Gasteiger partial charge in [-0.2, -0.15) is 4.31 Å². The first-order valence-electron chi connectivity index (χ1n) is 9.66. The molecular formula is C21H21BrN4O4S. The Kier molecular flexibility index (Phi) is 6.24. The Morgan fingerprint density at radius 3 is 2.35 bits per heavy atom. The molecule has 3 aromatic rings. The molecular weight excluding hydrogens is 484 g/mol. The molecule has 2 aromatic carbocycles. The van der Waals surface area contributed by atoms with E-state index in [1.165, 1.54) is 27.3 Å². The number of ether oxygens (including phenoxy) is 1. The van der Waals surface area contributed by atoms with Gasteiger partial charge < -0.3 is 4.74 Å². The highest BCUT2D eigenvalue weighted by Crippen LogP contribution is 2.21. The molecule has 1 aliphatic heterocycles. The van der Waals surface area contributed by atoms with Gasteiger partial charge in [0.05, 0.1) is 35.0 Å². The van der Waals surface area contributed by atoms with Gasteiger partial charge in [0.2, 0.25) is 10.0 Å². The zero-order valence-corrected chi connectivity index (χ0v) is 19.2. The van der Waals surface area contributed by atoms with Crippen LogP contribution >= 0.6 is 15.9 Å². The second kappa shape index (κ2) is 8.91. The predicted octanol–water partition coefficient (Wildman–Crippen LogP) is 3.01. The molecule has 8 nitrogen and oxygen atoms in total. The van der Waals surface area contributed by atoms with Crippen LogP contribution in [0, 0.1) is 6.92 Å². The van der Waals surface area contributed by atoms with Gasteiger partial charge in [-0.15, -0.1) is 0 Å². The van der Waals surface area contributed by atoms with Crippen LogP contribution in [0.5, 0.6) is 0 Å². The number of aliphatic imine (C=N–C) groups is 1. The Balaban J connectivity index is 1.55. The van der Waals surface area contributed by atoms with Gasteiger partial charge in [-0.1, -0.05) is 15.9 Å². The molecule has 1 saturated heterocycles. The van der Waals surface area contributed by atoms with Gasteiger partial charge in [0.15, 0.2) is 0 Å². The molecule has 0 bridgehead atoms. The molecule has 0 amide bonds. The number of hydrogen-bond donors (Lipinski definition) is 1. The molecule has 0 saturated carbocycles. The van der Waals surface area contributed by atoms with Crippen LogP contribution in [0.1, 0.15) is 11.3 Å². The van der Waals surface area contributed by atoms with Crippen LogP contribution in [0.15, 0.2) is 67.7 Å². The largest absolute Gasteiger partial charge is 0.379 e. The number of rotatable bonds is 5. The third kappa shape index (κ3) is 4.57. The van der Waals surface area contributed by atoms with Gasteiger partial charge in [-0.25, -0.2) is 13.1 Å². The average molecular weight is 505 g/mol. The maximum atomic E-state index is 12.8. The molecule has 0 unspecified atom stereocenters. The number of H-pyrrole nitrogens is 1. The first-order chi connectivity index (χ1) is 14.9. The number of nitrogens with one attached hydrogen (secondary N) is 1. The van der Waals surface area contributed by atoms with Gasteiger partial charge in [-0.3, -0.25) is 14.9 Å². The molecule has 0 radical (unpaired) electrons. The Hall–Kier alpha value is -2.53. The number of aromatic amines is 1. The lowest BCUT2D eigenvalue weighted by atomic mass is 10.2. The lowest BCUT2D eigenvalue weighted by Gasteiger charge is -2.26. The molecule has 0 atom stereocenters. The summed E-state index contributed by atoms with van der Waals surface area (Å²) in [5.41, 5.74) is 2.18. The third-order valence-corrected chi connectivity index (χ3v) is 7.43. The topological polar surface area (TPSA) is 96.8 Å². The summed E-state index contributed by atoms with van der Waals surface area (Å²) in [5.74, 6) is 0. The van der Waals surface area contributed by atoms with Crippen molar-refractivity contribution in [3.8, 4) is 5.69 Å². The van der Waals surface area contributed by atoms with Crippen LogP contribution in [0.3, 0.4) is 0 Å². The minimum absolute atomic E-state index is 0.212. The molecule has 4 rings (SSSR count). The second-order valence-corrected chi connectivity index (χ2v) is 9.89. The van der Waals surface area contributed by atoms with Crippen molar-refractivity contribution < 1.29 is 13.2 Å². The van der Waals surface area contributed by atoms with Crippen molar-refractivity contribution in [1.29, 1.82) is 0 Å². The van der Waals surface area contributed by atoms with Crippen LogP contribution in [-0.4, -0.2) is 55.0 Å². The fourth-order valence-electron chi connectivity index (χ4n) is 3.26. The number of halogens is 1. The highest BCUT2D eigenvalue weighted by Gasteiger charge is 2.26. The Morgan fingerprint density at radius 1 is 1.06 bits per heavy atom. The van der Waals surface area contributed by atoms with E-state index < -0.39 is 10.0 Å². The SMILES string of the molecule is Cc1[nH]n(-c2ccc(Br)cc2)c(=O)c1C=Nc1ccc(S(=O)(=O)N2CCOCC2)cc1. The van der Waals surface area contributed by atoms with Crippen molar-refractivity contribution in [2.45, 2.75) is 11.8 Å². The minimum Gasteiger partial charge on any atom is -0.379 e. The van der Waals surface area contributed by atoms with Crippen molar-refractivity contribution in [2.75, 3.05) is 26.3 Å². The van der Waals surface area contributed by atoms with Gasteiger partial charge in [0.25, 0.3) is 5.56 Å². The molecule has 1 N–H and O–H groups in total. The monoisotopic (exact) mass is 504 g/mol. The zero-order chi connectivity index (χ0) is 22.0. The van der Waals surface area contributed by atoms with E-state index in [9.17, 15) is 13.2 Å². The Bertz CT molecular complexity index is 1260. The molecule has 1 fully saturated rings. The summed E-state index contributed by atoms with van der Waals surface area (Å²) >= 11 is 3.38. The lowest BCUT2D eigenvalue weighted by Crippen LogP contribution is -2.40. The van der Waals surface area contributed by atoms with Crippen molar-refractivity contribution in [1.82, 2.24) is 14.1 Å². The fraction of sp³-hybridized carbons (Fsp3) is 0.238. The van der Waals surface area contributed by atoms with E-state index in [2.05, 4.69) is 26.0 Å². The van der Waals surface area contributed by atoms with Crippen LogP contribution in [0.25, 0.3) is 5.69 Å². The smallest absolute Gasteiger partial charge is 0.280 e. The molecule has 1 aliphatic rings. The number of aromatic nitrogens is 2. The Morgan fingerprint density at radius 2 is 1.71 bits per heavy atom. The van der Waals surface area contributed by atoms with E-state index in [1.807, 2.05) is 24.3 Å². The maximum Gasteiger partial charge on any atom is 0.280 e. The molecule has 0 aliphatic carbocycles. The van der Waals surface area contributed by atoms with Crippen molar-refractivity contribution in [3.63, 3.8) is 0 Å². The summed E-state index contributed by atoms with van der Waals surface area (Å²) in [4.78, 5) is 17.4. The summed E-state index contributed by atoms with van der Waals surface area (Å²) in [6.07, 6.45) is 1.50. The van der Waals surface area contributed by atoms with Crippen molar-refractivity contribution in [2.24, 2.45) is 4.99 Å². The molecule has 162 valence electrons. The van der Waals surface area contributed by atoms with E-state index >= 15 is 0 Å². The third-order valence-electron chi connectivity index (χ3n) is 4.99. The van der Waals surface area contributed by atoms with Gasteiger partial charge in [0, 0.05) is 29.5 Å². The van der Waals surface area contributed by atoms with Crippen molar-refractivity contribution in [3.05, 3.63) is 74.6 Å². The molecule has 10 heteroatoms. The van der Waals surface area contributed by atoms with Crippen LogP contribution in [0.2, 0.25) is 0 Å². The van der Waals surface area contributed by atoms with Gasteiger partial charge in [0.1, 0.15) is 0 Å². The number of sulfonamides is 1. The standard InChI is InChI=1S/C21H21BrN4O4S/c1-15-20(21(27)26(24-15)18-6-2-16(22)3-7-18)14-23-17-4-8-19(9-5-17)31(28,29)25-10-12-30-13-11-25/h2-9,14,24H,10-13H2,1H3. The van der Waals surface area contributed by atoms with E-state index in [-0.39, 0.29) is 10.5 Å². The summed E-state index contributed by atoms with van der Waals surface area (Å²) in [6.45, 7) is 3.29. The number of benzene rings is 2. The molecule has 2 heterocycles. The molecule has 0 spiro atoms. The number of morpholine rings is 1. The lowest BCUT2D eigenvalue weighted by molar-refractivity contribution is 0.0730. The molecule has 1 aromatic heterocycles. The minimum atomic E-state index is -3.55. The highest BCUT2D eigenvalue weighted by atomic mass is 79.9.